The zero-order valence-corrected chi connectivity index (χ0v) is 8.41. The molecule has 0 spiro atoms. The van der Waals surface area contributed by atoms with Crippen LogP contribution in [0.15, 0.2) is 24.4 Å². The lowest BCUT2D eigenvalue weighted by molar-refractivity contribution is 0.0529. The van der Waals surface area contributed by atoms with Gasteiger partial charge in [0, 0.05) is 11.6 Å². The highest BCUT2D eigenvalue weighted by molar-refractivity contribution is 6.06. The van der Waals surface area contributed by atoms with Gasteiger partial charge in [-0.25, -0.2) is 4.79 Å². The topological polar surface area (TPSA) is 68.1 Å². The SMILES string of the molecule is CCOC(=O)c1c[nH]c2c(N)cccc12. The molecule has 0 amide bonds. The van der Waals surface area contributed by atoms with Gasteiger partial charge in [0.1, 0.15) is 0 Å². The molecule has 0 atom stereocenters. The number of aromatic nitrogens is 1. The Morgan fingerprint density at radius 2 is 2.33 bits per heavy atom. The van der Waals surface area contributed by atoms with Crippen molar-refractivity contribution in [3.05, 3.63) is 30.0 Å². The molecule has 1 aromatic heterocycles. The third-order valence-corrected chi connectivity index (χ3v) is 2.24. The monoisotopic (exact) mass is 204 g/mol. The fourth-order valence-electron chi connectivity index (χ4n) is 1.56. The Labute approximate surface area is 87.0 Å². The molecule has 0 saturated carbocycles. The number of carbonyl (C=O) groups excluding carboxylic acids is 1. The summed E-state index contributed by atoms with van der Waals surface area (Å²) < 4.78 is 4.93. The lowest BCUT2D eigenvalue weighted by atomic mass is 10.1. The third-order valence-electron chi connectivity index (χ3n) is 2.24. The van der Waals surface area contributed by atoms with Gasteiger partial charge in [-0.2, -0.15) is 0 Å². The molecule has 2 aromatic rings. The Bertz CT molecular complexity index is 502. The summed E-state index contributed by atoms with van der Waals surface area (Å²) in [5.41, 5.74) is 7.69. The van der Waals surface area contributed by atoms with Crippen LogP contribution in [0.3, 0.4) is 0 Å². The molecular formula is C11H12N2O2. The molecule has 1 heterocycles. The molecule has 0 unspecified atom stereocenters. The maximum Gasteiger partial charge on any atom is 0.340 e. The Morgan fingerprint density at radius 1 is 1.53 bits per heavy atom. The highest BCUT2D eigenvalue weighted by atomic mass is 16.5. The van der Waals surface area contributed by atoms with Gasteiger partial charge in [-0.1, -0.05) is 12.1 Å². The summed E-state index contributed by atoms with van der Waals surface area (Å²) in [5, 5.41) is 0.799. The van der Waals surface area contributed by atoms with E-state index in [1.54, 1.807) is 19.2 Å². The maximum atomic E-state index is 11.5. The smallest absolute Gasteiger partial charge is 0.340 e. The normalized spacial score (nSPS) is 10.5. The summed E-state index contributed by atoms with van der Waals surface area (Å²) >= 11 is 0. The molecule has 2 rings (SSSR count). The second kappa shape index (κ2) is 3.65. The maximum absolute atomic E-state index is 11.5. The highest BCUT2D eigenvalue weighted by Gasteiger charge is 2.13. The van der Waals surface area contributed by atoms with Crippen molar-refractivity contribution in [2.24, 2.45) is 0 Å². The number of H-pyrrole nitrogens is 1. The van der Waals surface area contributed by atoms with Gasteiger partial charge in [-0.15, -0.1) is 0 Å². The Hall–Kier alpha value is -1.97. The average Bonchev–Trinajstić information content (AvgIpc) is 2.63. The fourth-order valence-corrected chi connectivity index (χ4v) is 1.56. The molecule has 4 heteroatoms. The first-order valence-corrected chi connectivity index (χ1v) is 4.76. The van der Waals surface area contributed by atoms with Crippen molar-refractivity contribution in [3.63, 3.8) is 0 Å². The van der Waals surface area contributed by atoms with Gasteiger partial charge in [0.05, 0.1) is 23.4 Å². The molecule has 0 bridgehead atoms. The Kier molecular flexibility index (Phi) is 2.33. The molecule has 0 radical (unpaired) electrons. The molecule has 0 aliphatic rings. The van der Waals surface area contributed by atoms with E-state index in [1.165, 1.54) is 0 Å². The molecule has 0 aliphatic carbocycles. The number of ether oxygens (including phenoxy) is 1. The third kappa shape index (κ3) is 1.54. The van der Waals surface area contributed by atoms with E-state index in [0.29, 0.717) is 17.9 Å². The van der Waals surface area contributed by atoms with Crippen molar-refractivity contribution in [3.8, 4) is 0 Å². The summed E-state index contributed by atoms with van der Waals surface area (Å²) in [6, 6.07) is 5.44. The van der Waals surface area contributed by atoms with E-state index in [1.807, 2.05) is 12.1 Å². The number of hydrogen-bond acceptors (Lipinski definition) is 3. The predicted molar refractivity (Wildman–Crippen MR) is 58.7 cm³/mol. The minimum Gasteiger partial charge on any atom is -0.462 e. The van der Waals surface area contributed by atoms with Crippen molar-refractivity contribution in [1.29, 1.82) is 0 Å². The number of fused-ring (bicyclic) bond motifs is 1. The second-order valence-corrected chi connectivity index (χ2v) is 3.19. The number of hydrogen-bond donors (Lipinski definition) is 2. The zero-order chi connectivity index (χ0) is 10.8. The summed E-state index contributed by atoms with van der Waals surface area (Å²) in [4.78, 5) is 14.5. The standard InChI is InChI=1S/C11H12N2O2/c1-2-15-11(14)8-6-13-10-7(8)4-3-5-9(10)12/h3-6,13H,2,12H2,1H3. The number of anilines is 1. The van der Waals surface area contributed by atoms with E-state index in [4.69, 9.17) is 10.5 Å². The van der Waals surface area contributed by atoms with Crippen molar-refractivity contribution >= 4 is 22.6 Å². The van der Waals surface area contributed by atoms with Gasteiger partial charge in [0.15, 0.2) is 0 Å². The molecule has 15 heavy (non-hydrogen) atoms. The second-order valence-electron chi connectivity index (χ2n) is 3.19. The average molecular weight is 204 g/mol. The number of nitrogen functional groups attached to an aromatic ring is 1. The largest absolute Gasteiger partial charge is 0.462 e. The van der Waals surface area contributed by atoms with Crippen LogP contribution in [-0.4, -0.2) is 17.6 Å². The van der Waals surface area contributed by atoms with Crippen LogP contribution >= 0.6 is 0 Å². The molecule has 78 valence electrons. The quantitative estimate of drug-likeness (QED) is 0.580. The number of esters is 1. The van der Waals surface area contributed by atoms with E-state index in [2.05, 4.69) is 4.98 Å². The summed E-state index contributed by atoms with van der Waals surface area (Å²) in [7, 11) is 0. The fraction of sp³-hybridized carbons (Fsp3) is 0.182. The van der Waals surface area contributed by atoms with Gasteiger partial charge in [-0.3, -0.25) is 0 Å². The van der Waals surface area contributed by atoms with Gasteiger partial charge < -0.3 is 15.5 Å². The van der Waals surface area contributed by atoms with Gasteiger partial charge in [-0.05, 0) is 13.0 Å². The van der Waals surface area contributed by atoms with Gasteiger partial charge in [0.2, 0.25) is 0 Å². The number of nitrogens with one attached hydrogen (secondary N) is 1. The van der Waals surface area contributed by atoms with Crippen LogP contribution in [-0.2, 0) is 4.74 Å². The molecular weight excluding hydrogens is 192 g/mol. The number of benzene rings is 1. The van der Waals surface area contributed by atoms with E-state index in [0.717, 1.165) is 10.9 Å². The number of nitrogens with two attached hydrogens (primary N) is 1. The Morgan fingerprint density at radius 3 is 3.07 bits per heavy atom. The molecule has 0 fully saturated rings. The summed E-state index contributed by atoms with van der Waals surface area (Å²) in [6.45, 7) is 2.15. The van der Waals surface area contributed by atoms with E-state index in [9.17, 15) is 4.79 Å². The van der Waals surface area contributed by atoms with Crippen molar-refractivity contribution in [1.82, 2.24) is 4.98 Å². The summed E-state index contributed by atoms with van der Waals surface area (Å²) in [6.07, 6.45) is 1.62. The Balaban J connectivity index is 2.54. The molecule has 0 aliphatic heterocycles. The number of carbonyl (C=O) groups is 1. The van der Waals surface area contributed by atoms with Gasteiger partial charge in [0.25, 0.3) is 0 Å². The van der Waals surface area contributed by atoms with Crippen molar-refractivity contribution < 1.29 is 9.53 Å². The predicted octanol–water partition coefficient (Wildman–Crippen LogP) is 1.93. The van der Waals surface area contributed by atoms with Crippen molar-refractivity contribution in [2.45, 2.75) is 6.92 Å². The molecule has 0 saturated heterocycles. The number of rotatable bonds is 2. The van der Waals surface area contributed by atoms with E-state index >= 15 is 0 Å². The minimum atomic E-state index is -0.325. The highest BCUT2D eigenvalue weighted by Crippen LogP contribution is 2.23. The lowest BCUT2D eigenvalue weighted by Gasteiger charge is -2.00. The van der Waals surface area contributed by atoms with Crippen LogP contribution in [0.5, 0.6) is 0 Å². The molecule has 1 aromatic carbocycles. The number of aromatic amines is 1. The first-order valence-electron chi connectivity index (χ1n) is 4.76. The zero-order valence-electron chi connectivity index (χ0n) is 8.41. The number of para-hydroxylation sites is 1. The first-order chi connectivity index (χ1) is 7.24. The minimum absolute atomic E-state index is 0.325. The van der Waals surface area contributed by atoms with E-state index < -0.39 is 0 Å². The summed E-state index contributed by atoms with van der Waals surface area (Å²) in [5.74, 6) is -0.325. The molecule has 4 nitrogen and oxygen atoms in total. The first kappa shape index (κ1) is 9.58. The van der Waals surface area contributed by atoms with Crippen LogP contribution < -0.4 is 5.73 Å². The van der Waals surface area contributed by atoms with Crippen LogP contribution in [0.2, 0.25) is 0 Å². The molecule has 3 N–H and O–H groups in total. The van der Waals surface area contributed by atoms with E-state index in [-0.39, 0.29) is 5.97 Å². The van der Waals surface area contributed by atoms with Crippen molar-refractivity contribution in [2.75, 3.05) is 12.3 Å². The van der Waals surface area contributed by atoms with Crippen LogP contribution in [0, 0.1) is 0 Å². The van der Waals surface area contributed by atoms with Crippen LogP contribution in [0.4, 0.5) is 5.69 Å². The lowest BCUT2D eigenvalue weighted by Crippen LogP contribution is -2.03. The van der Waals surface area contributed by atoms with Crippen LogP contribution in [0.25, 0.3) is 10.9 Å². The van der Waals surface area contributed by atoms with Crippen LogP contribution in [0.1, 0.15) is 17.3 Å². The van der Waals surface area contributed by atoms with Gasteiger partial charge >= 0.3 is 5.97 Å².